The van der Waals surface area contributed by atoms with E-state index in [2.05, 4.69) is 11.6 Å². The fourth-order valence-corrected chi connectivity index (χ4v) is 4.17. The molecule has 20 heavy (non-hydrogen) atoms. The monoisotopic (exact) mass is 300 g/mol. The van der Waals surface area contributed by atoms with Gasteiger partial charge in [0.2, 0.25) is 10.0 Å². The maximum absolute atomic E-state index is 13.3. The van der Waals surface area contributed by atoms with Crippen LogP contribution in [0.2, 0.25) is 0 Å². The third-order valence-electron chi connectivity index (χ3n) is 4.08. The summed E-state index contributed by atoms with van der Waals surface area (Å²) in [5.74, 6) is -0.593. The Morgan fingerprint density at radius 3 is 2.55 bits per heavy atom. The molecule has 0 aliphatic heterocycles. The van der Waals surface area contributed by atoms with Crippen molar-refractivity contribution in [1.82, 2.24) is 4.72 Å². The number of sulfonamides is 1. The van der Waals surface area contributed by atoms with Gasteiger partial charge >= 0.3 is 0 Å². The van der Waals surface area contributed by atoms with E-state index < -0.39 is 15.8 Å². The molecule has 1 aliphatic carbocycles. The van der Waals surface area contributed by atoms with Gasteiger partial charge in [0, 0.05) is 6.54 Å². The zero-order valence-electron chi connectivity index (χ0n) is 11.9. The number of nitrogens with two attached hydrogens (primary N) is 1. The first-order valence-corrected chi connectivity index (χ1v) is 8.27. The number of hydrogen-bond acceptors (Lipinski definition) is 3. The largest absolute Gasteiger partial charge is 0.396 e. The van der Waals surface area contributed by atoms with Gasteiger partial charge in [-0.05, 0) is 42.9 Å². The van der Waals surface area contributed by atoms with Gasteiger partial charge in [-0.15, -0.1) is 0 Å². The minimum atomic E-state index is -3.65. The highest BCUT2D eigenvalue weighted by Crippen LogP contribution is 2.37. The van der Waals surface area contributed by atoms with Gasteiger partial charge in [0.25, 0.3) is 0 Å². The van der Waals surface area contributed by atoms with Crippen molar-refractivity contribution in [2.24, 2.45) is 5.41 Å². The van der Waals surface area contributed by atoms with E-state index in [-0.39, 0.29) is 16.0 Å². The summed E-state index contributed by atoms with van der Waals surface area (Å²) in [6, 6.07) is 2.34. The molecule has 0 radical (unpaired) electrons. The van der Waals surface area contributed by atoms with Gasteiger partial charge in [-0.3, -0.25) is 0 Å². The number of aryl methyl sites for hydroxylation is 1. The first-order chi connectivity index (χ1) is 9.23. The van der Waals surface area contributed by atoms with Crippen LogP contribution in [-0.4, -0.2) is 15.0 Å². The Morgan fingerprint density at radius 1 is 1.35 bits per heavy atom. The van der Waals surface area contributed by atoms with Gasteiger partial charge in [-0.2, -0.15) is 0 Å². The summed E-state index contributed by atoms with van der Waals surface area (Å²) < 4.78 is 40.6. The Kier molecular flexibility index (Phi) is 4.07. The number of rotatable bonds is 4. The molecule has 1 aliphatic rings. The van der Waals surface area contributed by atoms with E-state index in [0.717, 1.165) is 31.7 Å². The van der Waals surface area contributed by atoms with Gasteiger partial charge in [0.1, 0.15) is 5.82 Å². The third kappa shape index (κ3) is 3.12. The smallest absolute Gasteiger partial charge is 0.240 e. The maximum atomic E-state index is 13.3. The second-order valence-electron chi connectivity index (χ2n) is 5.98. The Balaban J connectivity index is 2.20. The molecule has 1 saturated carbocycles. The molecule has 0 saturated heterocycles. The predicted molar refractivity (Wildman–Crippen MR) is 77.3 cm³/mol. The van der Waals surface area contributed by atoms with Crippen LogP contribution in [0.15, 0.2) is 17.0 Å². The molecule has 0 amide bonds. The summed E-state index contributed by atoms with van der Waals surface area (Å²) in [5, 5.41) is 0. The number of nitrogens with one attached hydrogen (secondary N) is 1. The molecule has 0 atom stereocenters. The molecule has 0 unspecified atom stereocenters. The topological polar surface area (TPSA) is 72.2 Å². The average molecular weight is 300 g/mol. The molecule has 3 N–H and O–H groups in total. The SMILES string of the molecule is Cc1cc(F)c(N)cc1S(=O)(=O)NCC1(C)CCCC1. The van der Waals surface area contributed by atoms with E-state index in [1.54, 1.807) is 6.92 Å². The maximum Gasteiger partial charge on any atom is 0.240 e. The number of benzene rings is 1. The minimum Gasteiger partial charge on any atom is -0.396 e. The fraction of sp³-hybridized carbons (Fsp3) is 0.571. The Hall–Kier alpha value is -1.14. The van der Waals surface area contributed by atoms with Crippen molar-refractivity contribution >= 4 is 15.7 Å². The molecule has 0 spiro atoms. The van der Waals surface area contributed by atoms with Crippen LogP contribution in [0.5, 0.6) is 0 Å². The summed E-state index contributed by atoms with van der Waals surface area (Å²) in [4.78, 5) is 0.0537. The lowest BCUT2D eigenvalue weighted by molar-refractivity contribution is 0.336. The summed E-state index contributed by atoms with van der Waals surface area (Å²) in [5.41, 5.74) is 5.70. The lowest BCUT2D eigenvalue weighted by Gasteiger charge is -2.24. The second kappa shape index (κ2) is 5.33. The number of hydrogen-bond donors (Lipinski definition) is 2. The molecule has 0 bridgehead atoms. The van der Waals surface area contributed by atoms with Gasteiger partial charge in [-0.1, -0.05) is 19.8 Å². The van der Waals surface area contributed by atoms with Crippen LogP contribution in [0.25, 0.3) is 0 Å². The normalized spacial score (nSPS) is 18.4. The Labute approximate surface area is 119 Å². The lowest BCUT2D eigenvalue weighted by Crippen LogP contribution is -2.34. The van der Waals surface area contributed by atoms with Crippen LogP contribution in [0.1, 0.15) is 38.2 Å². The van der Waals surface area contributed by atoms with Crippen molar-refractivity contribution in [3.8, 4) is 0 Å². The number of halogens is 1. The Morgan fingerprint density at radius 2 is 1.95 bits per heavy atom. The highest BCUT2D eigenvalue weighted by Gasteiger charge is 2.30. The van der Waals surface area contributed by atoms with E-state index in [9.17, 15) is 12.8 Å². The zero-order chi connectivity index (χ0) is 15.0. The summed E-state index contributed by atoms with van der Waals surface area (Å²) >= 11 is 0. The van der Waals surface area contributed by atoms with E-state index in [1.807, 2.05) is 0 Å². The number of nitrogen functional groups attached to an aromatic ring is 1. The van der Waals surface area contributed by atoms with Crippen molar-refractivity contribution in [1.29, 1.82) is 0 Å². The molecule has 112 valence electrons. The molecule has 1 aromatic rings. The van der Waals surface area contributed by atoms with Crippen LogP contribution in [0.4, 0.5) is 10.1 Å². The molecular weight excluding hydrogens is 279 g/mol. The van der Waals surface area contributed by atoms with Crippen LogP contribution in [0, 0.1) is 18.2 Å². The first kappa shape index (κ1) is 15.3. The minimum absolute atomic E-state index is 0.0204. The zero-order valence-corrected chi connectivity index (χ0v) is 12.7. The third-order valence-corrected chi connectivity index (χ3v) is 5.63. The molecule has 0 aromatic heterocycles. The van der Waals surface area contributed by atoms with Crippen LogP contribution >= 0.6 is 0 Å². The van der Waals surface area contributed by atoms with Crippen molar-refractivity contribution < 1.29 is 12.8 Å². The van der Waals surface area contributed by atoms with Crippen LogP contribution < -0.4 is 10.5 Å². The van der Waals surface area contributed by atoms with E-state index in [1.165, 1.54) is 6.07 Å². The van der Waals surface area contributed by atoms with Crippen molar-refractivity contribution in [2.45, 2.75) is 44.4 Å². The summed E-state index contributed by atoms with van der Waals surface area (Å²) in [7, 11) is -3.65. The molecule has 6 heteroatoms. The number of anilines is 1. The highest BCUT2D eigenvalue weighted by molar-refractivity contribution is 7.89. The highest BCUT2D eigenvalue weighted by atomic mass is 32.2. The van der Waals surface area contributed by atoms with Crippen molar-refractivity contribution in [2.75, 3.05) is 12.3 Å². The average Bonchev–Trinajstić information content (AvgIpc) is 2.79. The fourth-order valence-electron chi connectivity index (χ4n) is 2.71. The van der Waals surface area contributed by atoms with Gasteiger partial charge < -0.3 is 5.73 Å². The van der Waals surface area contributed by atoms with Crippen LogP contribution in [-0.2, 0) is 10.0 Å². The van der Waals surface area contributed by atoms with Gasteiger partial charge in [-0.25, -0.2) is 17.5 Å². The van der Waals surface area contributed by atoms with Crippen molar-refractivity contribution in [3.05, 3.63) is 23.5 Å². The summed E-state index contributed by atoms with van der Waals surface area (Å²) in [6.07, 6.45) is 4.33. The van der Waals surface area contributed by atoms with Gasteiger partial charge in [0.15, 0.2) is 0 Å². The quantitative estimate of drug-likeness (QED) is 0.839. The van der Waals surface area contributed by atoms with Gasteiger partial charge in [0.05, 0.1) is 10.6 Å². The molecule has 2 rings (SSSR count). The second-order valence-corrected chi connectivity index (χ2v) is 7.72. The summed E-state index contributed by atoms with van der Waals surface area (Å²) in [6.45, 7) is 4.06. The van der Waals surface area contributed by atoms with E-state index >= 15 is 0 Å². The molecule has 0 heterocycles. The lowest BCUT2D eigenvalue weighted by atomic mass is 9.89. The molecule has 1 aromatic carbocycles. The standard InChI is InChI=1S/C14H21FN2O2S/c1-10-7-11(15)12(16)8-13(10)20(18,19)17-9-14(2)5-3-4-6-14/h7-8,17H,3-6,9,16H2,1-2H3. The van der Waals surface area contributed by atoms with Crippen LogP contribution in [0.3, 0.4) is 0 Å². The predicted octanol–water partition coefficient (Wildman–Crippen LogP) is 2.57. The molecule has 4 nitrogen and oxygen atoms in total. The van der Waals surface area contributed by atoms with E-state index in [0.29, 0.717) is 12.1 Å². The first-order valence-electron chi connectivity index (χ1n) is 6.79. The van der Waals surface area contributed by atoms with Crippen molar-refractivity contribution in [3.63, 3.8) is 0 Å². The molecular formula is C14H21FN2O2S. The van der Waals surface area contributed by atoms with E-state index in [4.69, 9.17) is 5.73 Å². The molecule has 1 fully saturated rings. The Bertz CT molecular complexity index is 608.